The van der Waals surface area contributed by atoms with Crippen molar-refractivity contribution in [3.63, 3.8) is 0 Å². The number of fused-ring (bicyclic) bond motifs is 2. The molecule has 0 radical (unpaired) electrons. The molecule has 1 aromatic heterocycles. The molecule has 1 aromatic carbocycles. The molecular formula is C15H18N2O2. The minimum Gasteiger partial charge on any atom is -0.486 e. The maximum atomic E-state index is 5.62. The first kappa shape index (κ1) is 12.2. The summed E-state index contributed by atoms with van der Waals surface area (Å²) in [6.07, 6.45) is 0.932. The molecule has 1 aliphatic heterocycles. The Labute approximate surface area is 112 Å². The van der Waals surface area contributed by atoms with Gasteiger partial charge in [0.25, 0.3) is 0 Å². The SMILES string of the molecule is CNCCc1cc(C)c2cc3c(cc2n1)OCCO3. The quantitative estimate of drug-likeness (QED) is 0.915. The van der Waals surface area contributed by atoms with Crippen molar-refractivity contribution in [2.45, 2.75) is 13.3 Å². The average Bonchev–Trinajstić information content (AvgIpc) is 2.43. The summed E-state index contributed by atoms with van der Waals surface area (Å²) in [6.45, 7) is 4.27. The zero-order chi connectivity index (χ0) is 13.2. The van der Waals surface area contributed by atoms with Crippen molar-refractivity contribution in [1.29, 1.82) is 0 Å². The summed E-state index contributed by atoms with van der Waals surface area (Å²) in [5, 5.41) is 4.29. The summed E-state index contributed by atoms with van der Waals surface area (Å²) in [4.78, 5) is 4.71. The van der Waals surface area contributed by atoms with Gasteiger partial charge in [0, 0.05) is 30.1 Å². The molecule has 4 heteroatoms. The zero-order valence-electron chi connectivity index (χ0n) is 11.3. The summed E-state index contributed by atoms with van der Waals surface area (Å²) in [6, 6.07) is 6.17. The highest BCUT2D eigenvalue weighted by molar-refractivity contribution is 5.86. The largest absolute Gasteiger partial charge is 0.486 e. The highest BCUT2D eigenvalue weighted by atomic mass is 16.6. The molecule has 0 unspecified atom stereocenters. The predicted octanol–water partition coefficient (Wildman–Crippen LogP) is 2.08. The van der Waals surface area contributed by atoms with Gasteiger partial charge in [-0.05, 0) is 31.7 Å². The number of hydrogen-bond donors (Lipinski definition) is 1. The first-order chi connectivity index (χ1) is 9.28. The van der Waals surface area contributed by atoms with Crippen LogP contribution >= 0.6 is 0 Å². The van der Waals surface area contributed by atoms with Crippen LogP contribution in [0, 0.1) is 6.92 Å². The number of pyridine rings is 1. The number of benzene rings is 1. The summed E-state index contributed by atoms with van der Waals surface area (Å²) >= 11 is 0. The van der Waals surface area contributed by atoms with Crippen molar-refractivity contribution in [3.05, 3.63) is 29.5 Å². The van der Waals surface area contributed by atoms with Gasteiger partial charge in [-0.3, -0.25) is 4.98 Å². The lowest BCUT2D eigenvalue weighted by atomic mass is 10.1. The molecule has 2 aromatic rings. The summed E-state index contributed by atoms with van der Waals surface area (Å²) < 4.78 is 11.2. The zero-order valence-corrected chi connectivity index (χ0v) is 11.3. The highest BCUT2D eigenvalue weighted by Crippen LogP contribution is 2.35. The minimum absolute atomic E-state index is 0.608. The van der Waals surface area contributed by atoms with Crippen LogP contribution in [0.5, 0.6) is 11.5 Å². The van der Waals surface area contributed by atoms with Crippen LogP contribution in [0.3, 0.4) is 0 Å². The van der Waals surface area contributed by atoms with Gasteiger partial charge >= 0.3 is 0 Å². The van der Waals surface area contributed by atoms with Gasteiger partial charge in [-0.1, -0.05) is 0 Å². The Bertz CT molecular complexity index is 611. The molecule has 0 saturated carbocycles. The van der Waals surface area contributed by atoms with E-state index in [4.69, 9.17) is 14.5 Å². The Morgan fingerprint density at radius 3 is 2.63 bits per heavy atom. The molecule has 1 aliphatic rings. The molecule has 2 heterocycles. The number of aromatic nitrogens is 1. The van der Waals surface area contributed by atoms with Crippen molar-refractivity contribution in [3.8, 4) is 11.5 Å². The van der Waals surface area contributed by atoms with E-state index in [0.717, 1.165) is 41.1 Å². The van der Waals surface area contributed by atoms with Crippen LogP contribution in [-0.2, 0) is 6.42 Å². The maximum absolute atomic E-state index is 5.62. The van der Waals surface area contributed by atoms with Gasteiger partial charge in [0.2, 0.25) is 0 Å². The van der Waals surface area contributed by atoms with Crippen LogP contribution in [0.2, 0.25) is 0 Å². The highest BCUT2D eigenvalue weighted by Gasteiger charge is 2.14. The normalized spacial score (nSPS) is 13.8. The molecule has 0 atom stereocenters. The van der Waals surface area contributed by atoms with Crippen LogP contribution in [0.4, 0.5) is 0 Å². The Balaban J connectivity index is 2.07. The van der Waals surface area contributed by atoms with Crippen LogP contribution in [-0.4, -0.2) is 31.8 Å². The molecule has 0 fully saturated rings. The minimum atomic E-state index is 0.608. The van der Waals surface area contributed by atoms with Gasteiger partial charge in [0.15, 0.2) is 11.5 Å². The first-order valence-electron chi connectivity index (χ1n) is 6.62. The molecule has 0 saturated heterocycles. The molecule has 0 aliphatic carbocycles. The molecular weight excluding hydrogens is 240 g/mol. The summed E-state index contributed by atoms with van der Waals surface area (Å²) in [5.41, 5.74) is 3.32. The van der Waals surface area contributed by atoms with Gasteiger partial charge in [-0.15, -0.1) is 0 Å². The van der Waals surface area contributed by atoms with Crippen molar-refractivity contribution in [2.24, 2.45) is 0 Å². The molecule has 3 rings (SSSR count). The smallest absolute Gasteiger partial charge is 0.163 e. The maximum Gasteiger partial charge on any atom is 0.163 e. The molecule has 0 spiro atoms. The third kappa shape index (κ3) is 2.36. The Morgan fingerprint density at radius 1 is 1.16 bits per heavy atom. The lowest BCUT2D eigenvalue weighted by Gasteiger charge is -2.19. The van der Waals surface area contributed by atoms with Gasteiger partial charge in [0.1, 0.15) is 13.2 Å². The second kappa shape index (κ2) is 5.05. The third-order valence-corrected chi connectivity index (χ3v) is 3.36. The molecule has 0 bridgehead atoms. The molecule has 1 N–H and O–H groups in total. The average molecular weight is 258 g/mol. The number of nitrogens with zero attached hydrogens (tertiary/aromatic N) is 1. The van der Waals surface area contributed by atoms with Crippen LogP contribution < -0.4 is 14.8 Å². The van der Waals surface area contributed by atoms with E-state index in [2.05, 4.69) is 18.3 Å². The Hall–Kier alpha value is -1.81. The van der Waals surface area contributed by atoms with Gasteiger partial charge in [0.05, 0.1) is 5.52 Å². The second-order valence-electron chi connectivity index (χ2n) is 4.80. The number of aryl methyl sites for hydroxylation is 1. The van der Waals surface area contributed by atoms with Crippen LogP contribution in [0.1, 0.15) is 11.3 Å². The van der Waals surface area contributed by atoms with Crippen LogP contribution in [0.15, 0.2) is 18.2 Å². The first-order valence-corrected chi connectivity index (χ1v) is 6.62. The van der Waals surface area contributed by atoms with E-state index in [1.165, 1.54) is 5.56 Å². The van der Waals surface area contributed by atoms with E-state index in [0.29, 0.717) is 13.2 Å². The van der Waals surface area contributed by atoms with E-state index in [1.54, 1.807) is 0 Å². The summed E-state index contributed by atoms with van der Waals surface area (Å²) in [5.74, 6) is 1.63. The molecule has 100 valence electrons. The lowest BCUT2D eigenvalue weighted by molar-refractivity contribution is 0.172. The topological polar surface area (TPSA) is 43.4 Å². The Morgan fingerprint density at radius 2 is 1.89 bits per heavy atom. The standard InChI is InChI=1S/C15H18N2O2/c1-10-7-11(3-4-16-2)17-13-9-15-14(8-12(10)13)18-5-6-19-15/h7-9,16H,3-6H2,1-2H3. The number of nitrogens with one attached hydrogen (secondary N) is 1. The van der Waals surface area contributed by atoms with Crippen molar-refractivity contribution >= 4 is 10.9 Å². The van der Waals surface area contributed by atoms with Gasteiger partial charge < -0.3 is 14.8 Å². The van der Waals surface area contributed by atoms with Crippen molar-refractivity contribution in [2.75, 3.05) is 26.8 Å². The van der Waals surface area contributed by atoms with E-state index in [1.807, 2.05) is 19.2 Å². The van der Waals surface area contributed by atoms with Crippen molar-refractivity contribution < 1.29 is 9.47 Å². The third-order valence-electron chi connectivity index (χ3n) is 3.36. The monoisotopic (exact) mass is 258 g/mol. The second-order valence-corrected chi connectivity index (χ2v) is 4.80. The van der Waals surface area contributed by atoms with E-state index < -0.39 is 0 Å². The molecule has 0 amide bonds. The van der Waals surface area contributed by atoms with Gasteiger partial charge in [-0.2, -0.15) is 0 Å². The van der Waals surface area contributed by atoms with Crippen molar-refractivity contribution in [1.82, 2.24) is 10.3 Å². The number of likely N-dealkylation sites (N-methyl/N-ethyl adjacent to an activating group) is 1. The fourth-order valence-corrected chi connectivity index (χ4v) is 2.38. The van der Waals surface area contributed by atoms with E-state index in [9.17, 15) is 0 Å². The van der Waals surface area contributed by atoms with E-state index >= 15 is 0 Å². The number of hydrogen-bond acceptors (Lipinski definition) is 4. The number of rotatable bonds is 3. The fraction of sp³-hybridized carbons (Fsp3) is 0.400. The van der Waals surface area contributed by atoms with Gasteiger partial charge in [-0.25, -0.2) is 0 Å². The van der Waals surface area contributed by atoms with Crippen LogP contribution in [0.25, 0.3) is 10.9 Å². The number of ether oxygens (including phenoxy) is 2. The Kier molecular flexibility index (Phi) is 3.25. The predicted molar refractivity (Wildman–Crippen MR) is 75.1 cm³/mol. The molecule has 19 heavy (non-hydrogen) atoms. The lowest BCUT2D eigenvalue weighted by Crippen LogP contribution is -2.15. The fourth-order valence-electron chi connectivity index (χ4n) is 2.38. The van der Waals surface area contributed by atoms with E-state index in [-0.39, 0.29) is 0 Å². The molecule has 4 nitrogen and oxygen atoms in total. The summed E-state index contributed by atoms with van der Waals surface area (Å²) in [7, 11) is 1.95.